The molecule has 0 fully saturated rings. The molecule has 0 aromatic carbocycles. The lowest BCUT2D eigenvalue weighted by Crippen LogP contribution is -1.74. The topological polar surface area (TPSA) is 26.0 Å². The Hall–Kier alpha value is -0.940. The van der Waals surface area contributed by atoms with Crippen LogP contribution in [0, 0.1) is 0 Å². The van der Waals surface area contributed by atoms with Crippen LogP contribution in [0.3, 0.4) is 0 Å². The van der Waals surface area contributed by atoms with E-state index in [-0.39, 0.29) is 0 Å². The molecule has 0 saturated heterocycles. The minimum absolute atomic E-state index is 0.961. The fourth-order valence-corrected chi connectivity index (χ4v) is 0.203. The highest BCUT2D eigenvalue weighted by Crippen LogP contribution is 1.85. The lowest BCUT2D eigenvalue weighted by molar-refractivity contribution is 1.49. The number of hydrogen-bond acceptors (Lipinski definition) is 1. The van der Waals surface area contributed by atoms with Crippen molar-refractivity contribution in [2.75, 3.05) is 0 Å². The zero-order valence-corrected chi connectivity index (χ0v) is 4.44. The van der Waals surface area contributed by atoms with Gasteiger partial charge in [0.05, 0.1) is 0 Å². The Bertz CT molecular complexity index is 116. The SMILES string of the molecule is C=C=C(C)/C=C\N. The van der Waals surface area contributed by atoms with Crippen LogP contribution in [0.15, 0.2) is 30.2 Å². The molecular weight excluding hydrogens is 86.1 g/mol. The molecule has 2 N–H and O–H groups in total. The Morgan fingerprint density at radius 2 is 2.43 bits per heavy atom. The lowest BCUT2D eigenvalue weighted by Gasteiger charge is -1.76. The van der Waals surface area contributed by atoms with E-state index in [0.29, 0.717) is 0 Å². The van der Waals surface area contributed by atoms with Crippen LogP contribution in [0.2, 0.25) is 0 Å². The van der Waals surface area contributed by atoms with Gasteiger partial charge in [0.1, 0.15) is 0 Å². The number of hydrogen-bond donors (Lipinski definition) is 1. The lowest BCUT2D eigenvalue weighted by atomic mass is 10.3. The highest BCUT2D eigenvalue weighted by atomic mass is 14.5. The number of nitrogens with two attached hydrogens (primary N) is 1. The van der Waals surface area contributed by atoms with Crippen LogP contribution in [0.5, 0.6) is 0 Å². The van der Waals surface area contributed by atoms with E-state index in [1.807, 2.05) is 6.92 Å². The van der Waals surface area contributed by atoms with E-state index in [1.165, 1.54) is 6.20 Å². The molecule has 0 heterocycles. The van der Waals surface area contributed by atoms with Crippen LogP contribution >= 0.6 is 0 Å². The Morgan fingerprint density at radius 3 is 2.57 bits per heavy atom. The molecule has 0 atom stereocenters. The van der Waals surface area contributed by atoms with Crippen molar-refractivity contribution in [1.82, 2.24) is 0 Å². The Balaban J connectivity index is 3.83. The predicted octanol–water partition coefficient (Wildman–Crippen LogP) is 1.19. The Kier molecular flexibility index (Phi) is 2.82. The maximum absolute atomic E-state index is 5.04. The normalized spacial score (nSPS) is 8.71. The summed E-state index contributed by atoms with van der Waals surface area (Å²) in [6.07, 6.45) is 3.21. The maximum Gasteiger partial charge on any atom is -0.00535 e. The predicted molar refractivity (Wildman–Crippen MR) is 31.7 cm³/mol. The minimum atomic E-state index is 0.961. The number of allylic oxidation sites excluding steroid dienone is 2. The van der Waals surface area contributed by atoms with E-state index in [9.17, 15) is 0 Å². The van der Waals surface area contributed by atoms with Crippen LogP contribution in [0.1, 0.15) is 6.92 Å². The molecule has 0 aliphatic carbocycles. The highest BCUT2D eigenvalue weighted by molar-refractivity contribution is 5.12. The van der Waals surface area contributed by atoms with Gasteiger partial charge in [-0.1, -0.05) is 6.58 Å². The molecule has 0 unspecified atom stereocenters. The van der Waals surface area contributed by atoms with Gasteiger partial charge in [0, 0.05) is 0 Å². The second kappa shape index (κ2) is 3.26. The fourth-order valence-electron chi connectivity index (χ4n) is 0.203. The second-order valence-corrected chi connectivity index (χ2v) is 1.22. The first-order valence-corrected chi connectivity index (χ1v) is 2.06. The maximum atomic E-state index is 5.04. The van der Waals surface area contributed by atoms with Crippen molar-refractivity contribution in [3.05, 3.63) is 30.2 Å². The smallest absolute Gasteiger partial charge is 0.00535 e. The first-order chi connectivity index (χ1) is 3.31. The zero-order valence-electron chi connectivity index (χ0n) is 4.44. The molecular formula is C6H9N. The summed E-state index contributed by atoms with van der Waals surface area (Å²) in [7, 11) is 0. The van der Waals surface area contributed by atoms with Gasteiger partial charge >= 0.3 is 0 Å². The van der Waals surface area contributed by atoms with Crippen LogP contribution in [0.25, 0.3) is 0 Å². The van der Waals surface area contributed by atoms with Crippen molar-refractivity contribution in [3.63, 3.8) is 0 Å². The third-order valence-electron chi connectivity index (χ3n) is 0.625. The summed E-state index contributed by atoms with van der Waals surface area (Å²) in [6, 6.07) is 0. The van der Waals surface area contributed by atoms with E-state index < -0.39 is 0 Å². The molecule has 0 rings (SSSR count). The molecule has 0 bridgehead atoms. The van der Waals surface area contributed by atoms with Gasteiger partial charge in [0.25, 0.3) is 0 Å². The minimum Gasteiger partial charge on any atom is -0.405 e. The average Bonchev–Trinajstić information content (AvgIpc) is 1.68. The van der Waals surface area contributed by atoms with Gasteiger partial charge in [-0.3, -0.25) is 0 Å². The van der Waals surface area contributed by atoms with Crippen LogP contribution in [-0.4, -0.2) is 0 Å². The summed E-state index contributed by atoms with van der Waals surface area (Å²) in [6.45, 7) is 5.30. The largest absolute Gasteiger partial charge is 0.405 e. The molecule has 38 valence electrons. The van der Waals surface area contributed by atoms with Gasteiger partial charge in [-0.2, -0.15) is 0 Å². The summed E-state index contributed by atoms with van der Waals surface area (Å²) in [5, 5.41) is 0. The summed E-state index contributed by atoms with van der Waals surface area (Å²) in [4.78, 5) is 0. The third-order valence-corrected chi connectivity index (χ3v) is 0.625. The van der Waals surface area contributed by atoms with E-state index in [4.69, 9.17) is 5.73 Å². The van der Waals surface area contributed by atoms with Gasteiger partial charge in [-0.05, 0) is 24.8 Å². The molecule has 0 amide bonds. The van der Waals surface area contributed by atoms with Gasteiger partial charge in [-0.25, -0.2) is 0 Å². The van der Waals surface area contributed by atoms with Crippen molar-refractivity contribution < 1.29 is 0 Å². The van der Waals surface area contributed by atoms with Crippen molar-refractivity contribution in [1.29, 1.82) is 0 Å². The van der Waals surface area contributed by atoms with Gasteiger partial charge < -0.3 is 5.73 Å². The molecule has 0 aliphatic rings. The Morgan fingerprint density at radius 1 is 1.86 bits per heavy atom. The van der Waals surface area contributed by atoms with Crippen LogP contribution < -0.4 is 5.73 Å². The molecule has 0 spiro atoms. The van der Waals surface area contributed by atoms with Crippen molar-refractivity contribution in [2.24, 2.45) is 5.73 Å². The zero-order chi connectivity index (χ0) is 5.70. The third kappa shape index (κ3) is 2.87. The van der Waals surface area contributed by atoms with E-state index in [2.05, 4.69) is 12.3 Å². The summed E-state index contributed by atoms with van der Waals surface area (Å²) < 4.78 is 0. The Labute approximate surface area is 43.8 Å². The van der Waals surface area contributed by atoms with E-state index in [1.54, 1.807) is 6.08 Å². The van der Waals surface area contributed by atoms with Crippen molar-refractivity contribution in [3.8, 4) is 0 Å². The first kappa shape index (κ1) is 6.06. The van der Waals surface area contributed by atoms with Crippen molar-refractivity contribution >= 4 is 0 Å². The molecule has 0 saturated carbocycles. The highest BCUT2D eigenvalue weighted by Gasteiger charge is 1.68. The monoisotopic (exact) mass is 95.1 g/mol. The molecule has 1 nitrogen and oxygen atoms in total. The van der Waals surface area contributed by atoms with Gasteiger partial charge in [0.2, 0.25) is 0 Å². The van der Waals surface area contributed by atoms with Gasteiger partial charge in [-0.15, -0.1) is 5.73 Å². The average molecular weight is 95.1 g/mol. The summed E-state index contributed by atoms with van der Waals surface area (Å²) >= 11 is 0. The molecule has 1 heteroatoms. The summed E-state index contributed by atoms with van der Waals surface area (Å²) in [5.41, 5.74) is 8.66. The fraction of sp³-hybridized carbons (Fsp3) is 0.167. The van der Waals surface area contributed by atoms with Gasteiger partial charge in [0.15, 0.2) is 0 Å². The molecule has 0 aliphatic heterocycles. The van der Waals surface area contributed by atoms with Crippen LogP contribution in [0.4, 0.5) is 0 Å². The molecule has 0 radical (unpaired) electrons. The second-order valence-electron chi connectivity index (χ2n) is 1.22. The molecule has 0 aromatic rings. The van der Waals surface area contributed by atoms with Crippen molar-refractivity contribution in [2.45, 2.75) is 6.92 Å². The first-order valence-electron chi connectivity index (χ1n) is 2.06. The molecule has 7 heavy (non-hydrogen) atoms. The number of rotatable bonds is 1. The molecule has 0 aromatic heterocycles. The van der Waals surface area contributed by atoms with E-state index in [0.717, 1.165) is 5.57 Å². The van der Waals surface area contributed by atoms with E-state index >= 15 is 0 Å². The van der Waals surface area contributed by atoms with Crippen LogP contribution in [-0.2, 0) is 0 Å². The summed E-state index contributed by atoms with van der Waals surface area (Å²) in [5.74, 6) is 0. The quantitative estimate of drug-likeness (QED) is 0.384. The standard InChI is InChI=1S/C6H9N/c1-3-6(2)4-5-7/h4-5H,1,7H2,2H3/b5-4-.